The van der Waals surface area contributed by atoms with Crippen molar-refractivity contribution in [2.45, 2.75) is 12.4 Å². The van der Waals surface area contributed by atoms with Crippen LogP contribution in [0.2, 0.25) is 0 Å². The lowest BCUT2D eigenvalue weighted by molar-refractivity contribution is -0.143. The van der Waals surface area contributed by atoms with E-state index < -0.39 is 35.0 Å². The molecule has 2 N–H and O–H groups in total. The molecular weight excluding hydrogens is 344 g/mol. The Morgan fingerprint density at radius 1 is 1.00 bits per heavy atom. The van der Waals surface area contributed by atoms with Gasteiger partial charge in [-0.3, -0.25) is 0 Å². The zero-order chi connectivity index (χ0) is 18.1. The third-order valence-electron chi connectivity index (χ3n) is 2.75. The number of halogens is 6. The van der Waals surface area contributed by atoms with E-state index in [4.69, 9.17) is 5.11 Å². The van der Waals surface area contributed by atoms with Crippen molar-refractivity contribution in [3.63, 3.8) is 0 Å². The molecule has 0 unspecified atom stereocenters. The van der Waals surface area contributed by atoms with Gasteiger partial charge in [0.2, 0.25) is 0 Å². The van der Waals surface area contributed by atoms with Crippen LogP contribution >= 0.6 is 0 Å². The molecule has 0 bridgehead atoms. The Bertz CT molecular complexity index is 759. The van der Waals surface area contributed by atoms with Gasteiger partial charge in [0.15, 0.2) is 11.6 Å². The van der Waals surface area contributed by atoms with E-state index in [0.29, 0.717) is 18.2 Å². The molecule has 0 saturated heterocycles. The first-order valence-electron chi connectivity index (χ1n) is 6.10. The Morgan fingerprint density at radius 2 is 1.54 bits per heavy atom. The van der Waals surface area contributed by atoms with Crippen molar-refractivity contribution >= 4 is 12.0 Å². The summed E-state index contributed by atoms with van der Waals surface area (Å²) in [5, 5.41) is 15.3. The molecule has 0 aliphatic heterocycles. The molecule has 128 valence electrons. The molecule has 0 fully saturated rings. The summed E-state index contributed by atoms with van der Waals surface area (Å²) in [7, 11) is 0. The van der Waals surface area contributed by atoms with Gasteiger partial charge in [0.1, 0.15) is 0 Å². The van der Waals surface area contributed by atoms with Crippen LogP contribution in [0.4, 0.5) is 26.3 Å². The molecule has 2 aromatic rings. The number of H-pyrrole nitrogens is 1. The fourth-order valence-electron chi connectivity index (χ4n) is 1.72. The fraction of sp³-hybridized carbons (Fsp3) is 0.154. The number of carboxylic acid groups (broad SMARTS) is 1. The summed E-state index contributed by atoms with van der Waals surface area (Å²) in [5.41, 5.74) is -3.47. The van der Waals surface area contributed by atoms with Crippen LogP contribution in [0.3, 0.4) is 0 Å². The highest BCUT2D eigenvalue weighted by Gasteiger charge is 2.37. The number of alkyl halides is 6. The van der Waals surface area contributed by atoms with Gasteiger partial charge < -0.3 is 10.1 Å². The number of aliphatic carboxylic acids is 1. The van der Waals surface area contributed by atoms with E-state index in [1.807, 2.05) is 0 Å². The smallest absolute Gasteiger partial charge is 0.416 e. The Balaban J connectivity index is 2.52. The number of aromatic nitrogens is 3. The zero-order valence-electron chi connectivity index (χ0n) is 11.4. The summed E-state index contributed by atoms with van der Waals surface area (Å²) < 4.78 is 76.7. The molecule has 1 aromatic carbocycles. The monoisotopic (exact) mass is 351 g/mol. The van der Waals surface area contributed by atoms with Gasteiger partial charge in [0.05, 0.1) is 11.1 Å². The maximum atomic E-state index is 12.8. The second kappa shape index (κ2) is 5.98. The van der Waals surface area contributed by atoms with Gasteiger partial charge in [-0.25, -0.2) is 4.79 Å². The van der Waals surface area contributed by atoms with Crippen LogP contribution in [0.15, 0.2) is 24.3 Å². The minimum absolute atomic E-state index is 0.00882. The minimum Gasteiger partial charge on any atom is -0.478 e. The molecule has 0 aliphatic rings. The largest absolute Gasteiger partial charge is 0.478 e. The van der Waals surface area contributed by atoms with E-state index in [-0.39, 0.29) is 17.7 Å². The van der Waals surface area contributed by atoms with Crippen molar-refractivity contribution in [3.05, 3.63) is 41.2 Å². The Labute approximate surface area is 129 Å². The van der Waals surface area contributed by atoms with Crippen LogP contribution < -0.4 is 0 Å². The number of hydrogen-bond acceptors (Lipinski definition) is 3. The minimum atomic E-state index is -4.98. The van der Waals surface area contributed by atoms with Crippen molar-refractivity contribution in [1.29, 1.82) is 0 Å². The summed E-state index contributed by atoms with van der Waals surface area (Å²) in [6.07, 6.45) is -8.33. The standard InChI is InChI=1S/C13H7F6N3O2/c14-12(15,16)7-3-6(4-8(5-7)13(17,18)19)11-20-9(21-22-11)1-2-10(23)24/h1-5H,(H,23,24)(H,20,21,22). The third-order valence-corrected chi connectivity index (χ3v) is 2.75. The summed E-state index contributed by atoms with van der Waals surface area (Å²) in [6, 6.07) is 0.964. The maximum absolute atomic E-state index is 12.8. The van der Waals surface area contributed by atoms with E-state index in [1.54, 1.807) is 0 Å². The van der Waals surface area contributed by atoms with Crippen LogP contribution in [0.1, 0.15) is 17.0 Å². The summed E-state index contributed by atoms with van der Waals surface area (Å²) >= 11 is 0. The number of rotatable bonds is 3. The second-order valence-electron chi connectivity index (χ2n) is 4.52. The lowest BCUT2D eigenvalue weighted by atomic mass is 10.0. The number of aromatic amines is 1. The Morgan fingerprint density at radius 3 is 2.00 bits per heavy atom. The second-order valence-corrected chi connectivity index (χ2v) is 4.52. The predicted molar refractivity (Wildman–Crippen MR) is 68.5 cm³/mol. The topological polar surface area (TPSA) is 78.9 Å². The number of nitrogens with zero attached hydrogens (tertiary/aromatic N) is 2. The van der Waals surface area contributed by atoms with Gasteiger partial charge in [-0.1, -0.05) is 0 Å². The van der Waals surface area contributed by atoms with Crippen LogP contribution in [0.5, 0.6) is 0 Å². The van der Waals surface area contributed by atoms with Gasteiger partial charge in [-0.15, -0.1) is 10.2 Å². The van der Waals surface area contributed by atoms with E-state index in [1.165, 1.54) is 0 Å². The first kappa shape index (κ1) is 17.5. The Hall–Kier alpha value is -2.85. The van der Waals surface area contributed by atoms with E-state index in [0.717, 1.165) is 6.08 Å². The molecule has 1 heterocycles. The van der Waals surface area contributed by atoms with Crippen molar-refractivity contribution in [2.24, 2.45) is 0 Å². The average molecular weight is 351 g/mol. The molecule has 0 spiro atoms. The lowest BCUT2D eigenvalue weighted by Crippen LogP contribution is -2.11. The quantitative estimate of drug-likeness (QED) is 0.654. The molecule has 1 aromatic heterocycles. The normalized spacial score (nSPS) is 12.8. The molecule has 0 amide bonds. The first-order valence-corrected chi connectivity index (χ1v) is 6.10. The Kier molecular flexibility index (Phi) is 4.36. The number of carbonyl (C=O) groups is 1. The summed E-state index contributed by atoms with van der Waals surface area (Å²) in [5.74, 6) is -1.82. The lowest BCUT2D eigenvalue weighted by Gasteiger charge is -2.13. The number of nitrogens with one attached hydrogen (secondary N) is 1. The molecule has 0 atom stereocenters. The first-order chi connectivity index (χ1) is 11.0. The molecule has 0 radical (unpaired) electrons. The fourth-order valence-corrected chi connectivity index (χ4v) is 1.72. The highest BCUT2D eigenvalue weighted by molar-refractivity contribution is 5.84. The molecule has 5 nitrogen and oxygen atoms in total. The highest BCUT2D eigenvalue weighted by atomic mass is 19.4. The molecular formula is C13H7F6N3O2. The van der Waals surface area contributed by atoms with Gasteiger partial charge in [-0.05, 0) is 24.3 Å². The third kappa shape index (κ3) is 4.12. The summed E-state index contributed by atoms with van der Waals surface area (Å²) in [6.45, 7) is 0. The van der Waals surface area contributed by atoms with Crippen molar-refractivity contribution < 1.29 is 36.2 Å². The van der Waals surface area contributed by atoms with Gasteiger partial charge >= 0.3 is 18.3 Å². The molecule has 0 saturated carbocycles. The van der Waals surface area contributed by atoms with E-state index in [9.17, 15) is 31.1 Å². The van der Waals surface area contributed by atoms with Crippen molar-refractivity contribution in [2.75, 3.05) is 0 Å². The SMILES string of the molecule is O=C(O)C=Cc1nnc(-c2cc(C(F)(F)F)cc(C(F)(F)F)c2)[nH]1. The van der Waals surface area contributed by atoms with Crippen molar-refractivity contribution in [3.8, 4) is 11.4 Å². The van der Waals surface area contributed by atoms with Crippen molar-refractivity contribution in [1.82, 2.24) is 15.2 Å². The van der Waals surface area contributed by atoms with Crippen LogP contribution in [-0.4, -0.2) is 26.3 Å². The zero-order valence-corrected chi connectivity index (χ0v) is 11.4. The molecule has 24 heavy (non-hydrogen) atoms. The molecule has 0 aliphatic carbocycles. The van der Waals surface area contributed by atoms with E-state index >= 15 is 0 Å². The maximum Gasteiger partial charge on any atom is 0.416 e. The van der Waals surface area contributed by atoms with Gasteiger partial charge in [0.25, 0.3) is 0 Å². The number of benzene rings is 1. The average Bonchev–Trinajstić information content (AvgIpc) is 2.91. The van der Waals surface area contributed by atoms with Crippen LogP contribution in [-0.2, 0) is 17.1 Å². The van der Waals surface area contributed by atoms with E-state index in [2.05, 4.69) is 15.2 Å². The number of hydrogen-bond donors (Lipinski definition) is 2. The van der Waals surface area contributed by atoms with Crippen LogP contribution in [0.25, 0.3) is 17.5 Å². The predicted octanol–water partition coefficient (Wildman–Crippen LogP) is 3.61. The molecule has 2 rings (SSSR count). The number of carboxylic acids is 1. The van der Waals surface area contributed by atoms with Gasteiger partial charge in [0, 0.05) is 11.6 Å². The van der Waals surface area contributed by atoms with Gasteiger partial charge in [-0.2, -0.15) is 26.3 Å². The summed E-state index contributed by atoms with van der Waals surface area (Å²) in [4.78, 5) is 12.7. The van der Waals surface area contributed by atoms with Crippen LogP contribution in [0, 0.1) is 0 Å². The molecule has 11 heteroatoms. The highest BCUT2D eigenvalue weighted by Crippen LogP contribution is 2.38.